The molecule has 0 bridgehead atoms. The van der Waals surface area contributed by atoms with Crippen LogP contribution < -0.4 is 10.2 Å². The van der Waals surface area contributed by atoms with Crippen LogP contribution in [0.4, 0.5) is 11.5 Å². The van der Waals surface area contributed by atoms with Gasteiger partial charge in [-0.1, -0.05) is 13.8 Å². The first kappa shape index (κ1) is 21.9. The smallest absolute Gasteiger partial charge is 0.225 e. The molecular weight excluding hydrogens is 378 g/mol. The maximum absolute atomic E-state index is 11.9. The number of rotatable bonds is 8. The number of pyridine rings is 2. The number of carbonyl (C=O) groups is 2. The highest BCUT2D eigenvalue weighted by atomic mass is 16.1. The first-order chi connectivity index (χ1) is 14.5. The Hall–Kier alpha value is -2.80. The molecule has 7 heteroatoms. The molecule has 0 aliphatic carbocycles. The molecule has 30 heavy (non-hydrogen) atoms. The van der Waals surface area contributed by atoms with Gasteiger partial charge in [0, 0.05) is 51.8 Å². The lowest BCUT2D eigenvalue weighted by atomic mass is 10.1. The van der Waals surface area contributed by atoms with Gasteiger partial charge in [0.2, 0.25) is 5.91 Å². The number of nitrogens with zero attached hydrogens (tertiary/aromatic N) is 4. The van der Waals surface area contributed by atoms with Gasteiger partial charge in [-0.05, 0) is 43.2 Å². The average molecular weight is 410 g/mol. The molecule has 7 nitrogen and oxygen atoms in total. The van der Waals surface area contributed by atoms with E-state index in [1.807, 2.05) is 45.0 Å². The fourth-order valence-corrected chi connectivity index (χ4v) is 3.70. The highest BCUT2D eigenvalue weighted by molar-refractivity contribution is 5.94. The summed E-state index contributed by atoms with van der Waals surface area (Å²) < 4.78 is 0. The molecule has 160 valence electrons. The van der Waals surface area contributed by atoms with E-state index in [0.29, 0.717) is 24.4 Å². The Morgan fingerprint density at radius 3 is 2.53 bits per heavy atom. The maximum Gasteiger partial charge on any atom is 0.225 e. The molecule has 0 radical (unpaired) electrons. The van der Waals surface area contributed by atoms with E-state index in [4.69, 9.17) is 0 Å². The van der Waals surface area contributed by atoms with Crippen LogP contribution in [-0.4, -0.2) is 52.7 Å². The van der Waals surface area contributed by atoms with Crippen molar-refractivity contribution in [3.63, 3.8) is 0 Å². The number of piperazine rings is 1. The minimum atomic E-state index is 0.00592. The highest BCUT2D eigenvalue weighted by Gasteiger charge is 2.20. The molecule has 2 aromatic heterocycles. The zero-order valence-electron chi connectivity index (χ0n) is 18.1. The third-order valence-corrected chi connectivity index (χ3v) is 5.35. The molecule has 1 amide bonds. The molecule has 3 heterocycles. The monoisotopic (exact) mass is 409 g/mol. The van der Waals surface area contributed by atoms with Crippen molar-refractivity contribution in [2.24, 2.45) is 0 Å². The van der Waals surface area contributed by atoms with Crippen molar-refractivity contribution in [3.05, 3.63) is 47.4 Å². The third-order valence-electron chi connectivity index (χ3n) is 5.35. The predicted octanol–water partition coefficient (Wildman–Crippen LogP) is 3.44. The second-order valence-corrected chi connectivity index (χ2v) is 7.69. The predicted molar refractivity (Wildman–Crippen MR) is 119 cm³/mol. The summed E-state index contributed by atoms with van der Waals surface area (Å²) in [6, 6.07) is 7.82. The number of aromatic nitrogens is 2. The Bertz CT molecular complexity index is 891. The molecule has 0 aromatic carbocycles. The van der Waals surface area contributed by atoms with Crippen LogP contribution in [0.5, 0.6) is 0 Å². The van der Waals surface area contributed by atoms with Gasteiger partial charge in [0.1, 0.15) is 11.5 Å². The van der Waals surface area contributed by atoms with Gasteiger partial charge in [0.25, 0.3) is 0 Å². The van der Waals surface area contributed by atoms with Crippen molar-refractivity contribution in [1.82, 2.24) is 14.9 Å². The van der Waals surface area contributed by atoms with Crippen molar-refractivity contribution in [2.75, 3.05) is 36.4 Å². The number of nitrogens with one attached hydrogen (secondary N) is 1. The average Bonchev–Trinajstić information content (AvgIpc) is 2.74. The number of Topliss-reactive ketones (excluding diaryl/α,β-unsaturated/α-hetero) is 1. The molecule has 1 aliphatic rings. The quantitative estimate of drug-likeness (QED) is 0.673. The molecule has 0 unspecified atom stereocenters. The van der Waals surface area contributed by atoms with Gasteiger partial charge >= 0.3 is 0 Å². The van der Waals surface area contributed by atoms with Crippen molar-refractivity contribution in [1.29, 1.82) is 0 Å². The fraction of sp³-hybridized carbons (Fsp3) is 0.478. The standard InChI is InChI=1S/C23H31N5O2/c1-4-6-23(30)26-22-15-18(9-10-24-22)16-27-11-13-28(14-12-27)20-8-7-19(21(29)5-2)25-17(20)3/h7-10,15H,4-6,11-14,16H2,1-3H3,(H,24,26,30). The Morgan fingerprint density at radius 2 is 1.87 bits per heavy atom. The van der Waals surface area contributed by atoms with E-state index in [2.05, 4.69) is 25.1 Å². The second-order valence-electron chi connectivity index (χ2n) is 7.69. The van der Waals surface area contributed by atoms with Crippen LogP contribution in [0.25, 0.3) is 0 Å². The molecule has 0 atom stereocenters. The fourth-order valence-electron chi connectivity index (χ4n) is 3.70. The zero-order chi connectivity index (χ0) is 21.5. The molecule has 1 N–H and O–H groups in total. The van der Waals surface area contributed by atoms with Gasteiger partial charge < -0.3 is 10.2 Å². The normalized spacial score (nSPS) is 14.6. The Balaban J connectivity index is 1.56. The number of amides is 1. The van der Waals surface area contributed by atoms with Crippen molar-refractivity contribution < 1.29 is 9.59 Å². The van der Waals surface area contributed by atoms with Crippen molar-refractivity contribution in [2.45, 2.75) is 46.6 Å². The number of anilines is 2. The van der Waals surface area contributed by atoms with Gasteiger partial charge in [-0.25, -0.2) is 9.97 Å². The summed E-state index contributed by atoms with van der Waals surface area (Å²) in [5, 5.41) is 2.86. The van der Waals surface area contributed by atoms with E-state index in [9.17, 15) is 9.59 Å². The zero-order valence-corrected chi connectivity index (χ0v) is 18.1. The van der Waals surface area contributed by atoms with Gasteiger partial charge in [0.05, 0.1) is 11.4 Å². The van der Waals surface area contributed by atoms with Crippen LogP contribution in [0.1, 0.15) is 54.9 Å². The lowest BCUT2D eigenvalue weighted by molar-refractivity contribution is -0.116. The highest BCUT2D eigenvalue weighted by Crippen LogP contribution is 2.22. The van der Waals surface area contributed by atoms with E-state index < -0.39 is 0 Å². The lowest BCUT2D eigenvalue weighted by Gasteiger charge is -2.36. The molecular formula is C23H31N5O2. The van der Waals surface area contributed by atoms with Crippen molar-refractivity contribution in [3.8, 4) is 0 Å². The maximum atomic E-state index is 11.9. The van der Waals surface area contributed by atoms with Gasteiger partial charge in [-0.15, -0.1) is 0 Å². The number of aryl methyl sites for hydroxylation is 1. The summed E-state index contributed by atoms with van der Waals surface area (Å²) in [6.07, 6.45) is 3.56. The SMILES string of the molecule is CCCC(=O)Nc1cc(CN2CCN(c3ccc(C(=O)CC)nc3C)CC2)ccn1. The summed E-state index contributed by atoms with van der Waals surface area (Å²) in [5.74, 6) is 0.705. The Morgan fingerprint density at radius 1 is 1.10 bits per heavy atom. The first-order valence-electron chi connectivity index (χ1n) is 10.7. The largest absolute Gasteiger partial charge is 0.368 e. The Kier molecular flexibility index (Phi) is 7.52. The summed E-state index contributed by atoms with van der Waals surface area (Å²) >= 11 is 0. The minimum Gasteiger partial charge on any atom is -0.368 e. The van der Waals surface area contributed by atoms with Crippen LogP contribution in [-0.2, 0) is 11.3 Å². The summed E-state index contributed by atoms with van der Waals surface area (Å²) in [4.78, 5) is 37.2. The number of ketones is 1. The molecule has 0 spiro atoms. The molecule has 1 fully saturated rings. The van der Waals surface area contributed by atoms with Gasteiger partial charge in [0.15, 0.2) is 5.78 Å². The second kappa shape index (κ2) is 10.3. The van der Waals surface area contributed by atoms with Gasteiger partial charge in [-0.3, -0.25) is 14.5 Å². The number of hydrogen-bond acceptors (Lipinski definition) is 6. The van der Waals surface area contributed by atoms with Crippen molar-refractivity contribution >= 4 is 23.2 Å². The third kappa shape index (κ3) is 5.63. The van der Waals surface area contributed by atoms with E-state index in [0.717, 1.165) is 56.1 Å². The minimum absolute atomic E-state index is 0.00592. The van der Waals surface area contributed by atoms with E-state index >= 15 is 0 Å². The molecule has 3 rings (SSSR count). The molecule has 2 aromatic rings. The Labute approximate surface area is 178 Å². The topological polar surface area (TPSA) is 78.4 Å². The summed E-state index contributed by atoms with van der Waals surface area (Å²) in [5.41, 5.74) is 3.71. The van der Waals surface area contributed by atoms with Crippen LogP contribution in [0, 0.1) is 6.92 Å². The van der Waals surface area contributed by atoms with E-state index in [-0.39, 0.29) is 11.7 Å². The number of carbonyl (C=O) groups excluding carboxylic acids is 2. The van der Waals surface area contributed by atoms with E-state index in [1.165, 1.54) is 0 Å². The van der Waals surface area contributed by atoms with Crippen LogP contribution in [0.2, 0.25) is 0 Å². The van der Waals surface area contributed by atoms with Gasteiger partial charge in [-0.2, -0.15) is 0 Å². The summed E-state index contributed by atoms with van der Waals surface area (Å²) in [7, 11) is 0. The molecule has 1 aliphatic heterocycles. The van der Waals surface area contributed by atoms with Crippen LogP contribution >= 0.6 is 0 Å². The summed E-state index contributed by atoms with van der Waals surface area (Å²) in [6.45, 7) is 10.3. The first-order valence-corrected chi connectivity index (χ1v) is 10.7. The van der Waals surface area contributed by atoms with Crippen LogP contribution in [0.15, 0.2) is 30.5 Å². The molecule has 1 saturated heterocycles. The van der Waals surface area contributed by atoms with Crippen LogP contribution in [0.3, 0.4) is 0 Å². The number of hydrogen-bond donors (Lipinski definition) is 1. The molecule has 0 saturated carbocycles. The van der Waals surface area contributed by atoms with E-state index in [1.54, 1.807) is 6.20 Å². The lowest BCUT2D eigenvalue weighted by Crippen LogP contribution is -2.46.